The molecule has 0 radical (unpaired) electrons. The Kier molecular flexibility index (Phi) is 7.18. The van der Waals surface area contributed by atoms with Crippen molar-refractivity contribution in [2.45, 2.75) is 52.1 Å². The van der Waals surface area contributed by atoms with E-state index < -0.39 is 5.41 Å². The highest BCUT2D eigenvalue weighted by molar-refractivity contribution is 5.85. The minimum absolute atomic E-state index is 0. The van der Waals surface area contributed by atoms with Gasteiger partial charge in [0.1, 0.15) is 0 Å². The van der Waals surface area contributed by atoms with Crippen molar-refractivity contribution in [1.82, 2.24) is 5.32 Å². The highest BCUT2D eigenvalue weighted by atomic mass is 35.5. The average Bonchev–Trinajstić information content (AvgIpc) is 2.77. The van der Waals surface area contributed by atoms with Crippen LogP contribution in [0.5, 0.6) is 0 Å². The Morgan fingerprint density at radius 3 is 2.44 bits per heavy atom. The zero-order valence-electron chi connectivity index (χ0n) is 11.8. The first-order chi connectivity index (χ1) is 8.02. The Morgan fingerprint density at radius 1 is 1.44 bits per heavy atom. The van der Waals surface area contributed by atoms with E-state index in [1.165, 1.54) is 0 Å². The Hall–Kier alpha value is -0.320. The van der Waals surface area contributed by atoms with Crippen LogP contribution >= 0.6 is 12.4 Å². The van der Waals surface area contributed by atoms with Crippen molar-refractivity contribution in [2.75, 3.05) is 19.7 Å². The third kappa shape index (κ3) is 3.84. The number of halogens is 1. The summed E-state index contributed by atoms with van der Waals surface area (Å²) in [5, 5.41) is 3.01. The molecule has 1 fully saturated rings. The molecule has 3 N–H and O–H groups in total. The summed E-state index contributed by atoms with van der Waals surface area (Å²) in [6.45, 7) is 7.89. The van der Waals surface area contributed by atoms with Crippen molar-refractivity contribution in [1.29, 1.82) is 0 Å². The molecule has 1 unspecified atom stereocenters. The Balaban J connectivity index is 0.00000289. The lowest BCUT2D eigenvalue weighted by Gasteiger charge is -2.31. The maximum atomic E-state index is 12.2. The number of carbonyl (C=O) groups is 1. The third-order valence-electron chi connectivity index (χ3n) is 4.15. The molecule has 1 aliphatic rings. The lowest BCUT2D eigenvalue weighted by molar-refractivity contribution is -0.132. The van der Waals surface area contributed by atoms with Gasteiger partial charge in [-0.1, -0.05) is 13.8 Å². The predicted molar refractivity (Wildman–Crippen MR) is 75.9 cm³/mol. The highest BCUT2D eigenvalue weighted by Gasteiger charge is 2.36. The van der Waals surface area contributed by atoms with Crippen molar-refractivity contribution in [2.24, 2.45) is 11.1 Å². The van der Waals surface area contributed by atoms with Crippen molar-refractivity contribution in [3.05, 3.63) is 0 Å². The second kappa shape index (κ2) is 7.31. The predicted octanol–water partition coefficient (Wildman–Crippen LogP) is 1.86. The zero-order chi connectivity index (χ0) is 12.9. The fourth-order valence-electron chi connectivity index (χ4n) is 2.38. The monoisotopic (exact) mass is 278 g/mol. The molecule has 0 aromatic rings. The summed E-state index contributed by atoms with van der Waals surface area (Å²) in [6, 6.07) is 0. The van der Waals surface area contributed by atoms with Crippen molar-refractivity contribution < 1.29 is 9.53 Å². The number of carbonyl (C=O) groups excluding carboxylic acids is 1. The molecule has 5 heteroatoms. The first-order valence-electron chi connectivity index (χ1n) is 6.64. The standard InChI is InChI=1S/C13H26N2O2.ClH/c1-4-13(5-2,9-14)11(16)15-10-12(3)7-6-8-17-12;/h4-10,14H2,1-3H3,(H,15,16);1H. The van der Waals surface area contributed by atoms with E-state index in [-0.39, 0.29) is 23.9 Å². The summed E-state index contributed by atoms with van der Waals surface area (Å²) in [7, 11) is 0. The van der Waals surface area contributed by atoms with Crippen LogP contribution in [0.15, 0.2) is 0 Å². The molecule has 0 spiro atoms. The van der Waals surface area contributed by atoms with E-state index in [4.69, 9.17) is 10.5 Å². The number of amides is 1. The summed E-state index contributed by atoms with van der Waals surface area (Å²) < 4.78 is 5.66. The number of hydrogen-bond donors (Lipinski definition) is 2. The molecule has 108 valence electrons. The lowest BCUT2D eigenvalue weighted by atomic mass is 9.81. The number of hydrogen-bond acceptors (Lipinski definition) is 3. The van der Waals surface area contributed by atoms with Gasteiger partial charge in [-0.05, 0) is 32.6 Å². The van der Waals surface area contributed by atoms with Gasteiger partial charge in [-0.3, -0.25) is 4.79 Å². The highest BCUT2D eigenvalue weighted by Crippen LogP contribution is 2.27. The first-order valence-corrected chi connectivity index (χ1v) is 6.64. The normalized spacial score (nSPS) is 23.6. The Bertz CT molecular complexity index is 253. The van der Waals surface area contributed by atoms with Crippen LogP contribution in [0.25, 0.3) is 0 Å². The van der Waals surface area contributed by atoms with Crippen LogP contribution in [0.3, 0.4) is 0 Å². The number of nitrogens with two attached hydrogens (primary N) is 1. The topological polar surface area (TPSA) is 64.4 Å². The quantitative estimate of drug-likeness (QED) is 0.779. The summed E-state index contributed by atoms with van der Waals surface area (Å²) in [6.07, 6.45) is 3.66. The van der Waals surface area contributed by atoms with E-state index in [0.29, 0.717) is 13.1 Å². The summed E-state index contributed by atoms with van der Waals surface area (Å²) in [5.74, 6) is 0.0710. The summed E-state index contributed by atoms with van der Waals surface area (Å²) in [4.78, 5) is 12.2. The molecule has 0 bridgehead atoms. The third-order valence-corrected chi connectivity index (χ3v) is 4.15. The number of nitrogens with one attached hydrogen (secondary N) is 1. The van der Waals surface area contributed by atoms with Gasteiger partial charge < -0.3 is 15.8 Å². The van der Waals surface area contributed by atoms with Gasteiger partial charge in [0.2, 0.25) is 5.91 Å². The molecule has 1 rings (SSSR count). The van der Waals surface area contributed by atoms with Crippen LogP contribution in [-0.2, 0) is 9.53 Å². The van der Waals surface area contributed by atoms with Gasteiger partial charge in [-0.2, -0.15) is 0 Å². The van der Waals surface area contributed by atoms with Gasteiger partial charge in [0.05, 0.1) is 11.0 Å². The maximum absolute atomic E-state index is 12.2. The second-order valence-corrected chi connectivity index (χ2v) is 5.28. The minimum atomic E-state index is -0.408. The van der Waals surface area contributed by atoms with Crippen LogP contribution < -0.4 is 11.1 Å². The largest absolute Gasteiger partial charge is 0.373 e. The lowest BCUT2D eigenvalue weighted by Crippen LogP contribution is -2.49. The van der Waals surface area contributed by atoms with E-state index in [2.05, 4.69) is 12.2 Å². The first kappa shape index (κ1) is 17.7. The van der Waals surface area contributed by atoms with Gasteiger partial charge >= 0.3 is 0 Å². The Labute approximate surface area is 116 Å². The number of rotatable bonds is 6. The average molecular weight is 279 g/mol. The van der Waals surface area contributed by atoms with Crippen molar-refractivity contribution >= 4 is 18.3 Å². The van der Waals surface area contributed by atoms with Gasteiger partial charge in [0.25, 0.3) is 0 Å². The van der Waals surface area contributed by atoms with E-state index in [1.54, 1.807) is 0 Å². The van der Waals surface area contributed by atoms with Gasteiger partial charge in [-0.25, -0.2) is 0 Å². The second-order valence-electron chi connectivity index (χ2n) is 5.28. The molecule has 18 heavy (non-hydrogen) atoms. The summed E-state index contributed by atoms with van der Waals surface area (Å²) >= 11 is 0. The van der Waals surface area contributed by atoms with Gasteiger partial charge in [0, 0.05) is 19.7 Å². The van der Waals surface area contributed by atoms with Gasteiger partial charge in [0.15, 0.2) is 0 Å². The molecule has 1 heterocycles. The van der Waals surface area contributed by atoms with Crippen LogP contribution in [0.1, 0.15) is 46.5 Å². The van der Waals surface area contributed by atoms with Crippen LogP contribution in [0.4, 0.5) is 0 Å². The van der Waals surface area contributed by atoms with Crippen LogP contribution in [-0.4, -0.2) is 31.2 Å². The molecule has 1 aliphatic heterocycles. The molecular weight excluding hydrogens is 252 g/mol. The van der Waals surface area contributed by atoms with Gasteiger partial charge in [-0.15, -0.1) is 12.4 Å². The van der Waals surface area contributed by atoms with Crippen molar-refractivity contribution in [3.63, 3.8) is 0 Å². The fraction of sp³-hybridized carbons (Fsp3) is 0.923. The molecule has 1 amide bonds. The van der Waals surface area contributed by atoms with E-state index in [0.717, 1.165) is 32.3 Å². The Morgan fingerprint density at radius 2 is 2.06 bits per heavy atom. The molecule has 1 saturated heterocycles. The molecule has 0 aromatic carbocycles. The molecular formula is C13H27ClN2O2. The SMILES string of the molecule is CCC(CC)(CN)C(=O)NCC1(C)CCCO1.Cl. The minimum Gasteiger partial charge on any atom is -0.373 e. The molecule has 0 saturated carbocycles. The number of ether oxygens (including phenoxy) is 1. The van der Waals surface area contributed by atoms with E-state index in [1.807, 2.05) is 13.8 Å². The maximum Gasteiger partial charge on any atom is 0.227 e. The molecule has 0 aliphatic carbocycles. The molecule has 0 aromatic heterocycles. The summed E-state index contributed by atoms with van der Waals surface area (Å²) in [5.41, 5.74) is 5.16. The smallest absolute Gasteiger partial charge is 0.227 e. The molecule has 4 nitrogen and oxygen atoms in total. The van der Waals surface area contributed by atoms with Crippen LogP contribution in [0, 0.1) is 5.41 Å². The van der Waals surface area contributed by atoms with Crippen LogP contribution in [0.2, 0.25) is 0 Å². The molecule has 1 atom stereocenters. The van der Waals surface area contributed by atoms with E-state index in [9.17, 15) is 4.79 Å². The van der Waals surface area contributed by atoms with E-state index >= 15 is 0 Å². The van der Waals surface area contributed by atoms with Crippen molar-refractivity contribution in [3.8, 4) is 0 Å². The zero-order valence-corrected chi connectivity index (χ0v) is 12.6. The fourth-order valence-corrected chi connectivity index (χ4v) is 2.38.